The van der Waals surface area contributed by atoms with Gasteiger partial charge >= 0.3 is 0 Å². The molecule has 0 aromatic heterocycles. The summed E-state index contributed by atoms with van der Waals surface area (Å²) in [6.07, 6.45) is -0.0312. The molecule has 6 heteroatoms. The van der Waals surface area contributed by atoms with Crippen molar-refractivity contribution in [3.05, 3.63) is 24.3 Å². The first-order valence-electron chi connectivity index (χ1n) is 7.02. The van der Waals surface area contributed by atoms with E-state index in [0.717, 1.165) is 18.8 Å². The van der Waals surface area contributed by atoms with Crippen LogP contribution in [-0.4, -0.2) is 50.1 Å². The molecule has 112 valence electrons. The molecule has 1 atom stereocenters. The Morgan fingerprint density at radius 1 is 1.25 bits per heavy atom. The Morgan fingerprint density at radius 2 is 1.85 bits per heavy atom. The van der Waals surface area contributed by atoms with Gasteiger partial charge in [-0.1, -0.05) is 0 Å². The lowest BCUT2D eigenvalue weighted by molar-refractivity contribution is 0.189. The van der Waals surface area contributed by atoms with Crippen LogP contribution >= 0.6 is 0 Å². The van der Waals surface area contributed by atoms with Crippen molar-refractivity contribution in [2.45, 2.75) is 31.3 Å². The van der Waals surface area contributed by atoms with Gasteiger partial charge in [0.25, 0.3) is 0 Å². The van der Waals surface area contributed by atoms with Gasteiger partial charge in [0.05, 0.1) is 11.0 Å². The van der Waals surface area contributed by atoms with Crippen LogP contribution in [0.3, 0.4) is 0 Å². The summed E-state index contributed by atoms with van der Waals surface area (Å²) in [5, 5.41) is 9.48. The third kappa shape index (κ3) is 2.97. The molecule has 0 amide bonds. The van der Waals surface area contributed by atoms with E-state index in [0.29, 0.717) is 17.9 Å². The first kappa shape index (κ1) is 15.3. The van der Waals surface area contributed by atoms with E-state index in [2.05, 4.69) is 18.7 Å². The molecule has 1 aliphatic rings. The fraction of sp³-hybridized carbons (Fsp3) is 0.571. The molecular formula is C14H22N2O3S. The number of aliphatic hydroxyl groups is 1. The van der Waals surface area contributed by atoms with Crippen molar-refractivity contribution in [2.24, 2.45) is 0 Å². The minimum atomic E-state index is -3.47. The Labute approximate surface area is 120 Å². The van der Waals surface area contributed by atoms with E-state index in [-0.39, 0.29) is 6.54 Å². The van der Waals surface area contributed by atoms with Gasteiger partial charge in [-0.2, -0.15) is 4.31 Å². The highest BCUT2D eigenvalue weighted by Gasteiger charge is 2.31. The summed E-state index contributed by atoms with van der Waals surface area (Å²) in [6, 6.07) is 6.97. The molecule has 5 nitrogen and oxygen atoms in total. The second-order valence-electron chi connectivity index (χ2n) is 4.97. The molecule has 0 saturated carbocycles. The molecule has 20 heavy (non-hydrogen) atoms. The Bertz CT molecular complexity index is 538. The topological polar surface area (TPSA) is 60.9 Å². The molecule has 0 aliphatic carbocycles. The van der Waals surface area contributed by atoms with E-state index in [4.69, 9.17) is 0 Å². The SMILES string of the molecule is CCN(CC)c1ccc(S(=O)(=O)N2CCC(O)C2)cc1. The van der Waals surface area contributed by atoms with Crippen molar-refractivity contribution >= 4 is 15.7 Å². The average molecular weight is 298 g/mol. The summed E-state index contributed by atoms with van der Waals surface area (Å²) < 4.78 is 26.2. The van der Waals surface area contributed by atoms with Gasteiger partial charge in [-0.25, -0.2) is 8.42 Å². The van der Waals surface area contributed by atoms with Crippen molar-refractivity contribution in [1.82, 2.24) is 4.31 Å². The van der Waals surface area contributed by atoms with Gasteiger partial charge in [0.1, 0.15) is 0 Å². The molecule has 1 aromatic carbocycles. The van der Waals surface area contributed by atoms with E-state index < -0.39 is 16.1 Å². The molecule has 1 fully saturated rings. The van der Waals surface area contributed by atoms with Crippen molar-refractivity contribution in [1.29, 1.82) is 0 Å². The average Bonchev–Trinajstić information content (AvgIpc) is 2.88. The van der Waals surface area contributed by atoms with E-state index in [1.54, 1.807) is 12.1 Å². The highest BCUT2D eigenvalue weighted by molar-refractivity contribution is 7.89. The minimum Gasteiger partial charge on any atom is -0.392 e. The Hall–Kier alpha value is -1.11. The maximum absolute atomic E-state index is 12.4. The fourth-order valence-corrected chi connectivity index (χ4v) is 3.99. The maximum atomic E-state index is 12.4. The molecule has 1 N–H and O–H groups in total. The maximum Gasteiger partial charge on any atom is 0.243 e. The number of rotatable bonds is 5. The lowest BCUT2D eigenvalue weighted by atomic mass is 10.3. The number of anilines is 1. The van der Waals surface area contributed by atoms with Gasteiger partial charge in [0.2, 0.25) is 10.0 Å². The van der Waals surface area contributed by atoms with Crippen molar-refractivity contribution < 1.29 is 13.5 Å². The molecule has 1 aromatic rings. The number of aliphatic hydroxyl groups excluding tert-OH is 1. The van der Waals surface area contributed by atoms with Crippen LogP contribution in [0.5, 0.6) is 0 Å². The van der Waals surface area contributed by atoms with Gasteiger partial charge in [-0.15, -0.1) is 0 Å². The lowest BCUT2D eigenvalue weighted by Gasteiger charge is -2.22. The predicted octanol–water partition coefficient (Wildman–Crippen LogP) is 1.29. The highest BCUT2D eigenvalue weighted by Crippen LogP contribution is 2.23. The highest BCUT2D eigenvalue weighted by atomic mass is 32.2. The van der Waals surface area contributed by atoms with Gasteiger partial charge in [0, 0.05) is 31.9 Å². The molecule has 0 spiro atoms. The zero-order valence-electron chi connectivity index (χ0n) is 12.0. The van der Waals surface area contributed by atoms with E-state index in [1.807, 2.05) is 12.1 Å². The van der Waals surface area contributed by atoms with Gasteiger partial charge in [-0.3, -0.25) is 0 Å². The smallest absolute Gasteiger partial charge is 0.243 e. The zero-order valence-corrected chi connectivity index (χ0v) is 12.8. The molecule has 0 radical (unpaired) electrons. The second kappa shape index (κ2) is 6.11. The van der Waals surface area contributed by atoms with Crippen LogP contribution in [0, 0.1) is 0 Å². The first-order valence-corrected chi connectivity index (χ1v) is 8.46. The summed E-state index contributed by atoms with van der Waals surface area (Å²) in [5.74, 6) is 0. The van der Waals surface area contributed by atoms with Gasteiger partial charge in [0.15, 0.2) is 0 Å². The molecule has 1 heterocycles. The Morgan fingerprint density at radius 3 is 2.30 bits per heavy atom. The van der Waals surface area contributed by atoms with Crippen molar-refractivity contribution in [2.75, 3.05) is 31.1 Å². The summed E-state index contributed by atoms with van der Waals surface area (Å²) in [5.41, 5.74) is 1.02. The van der Waals surface area contributed by atoms with Crippen LogP contribution in [0.25, 0.3) is 0 Å². The molecule has 1 unspecified atom stereocenters. The first-order chi connectivity index (χ1) is 9.48. The largest absolute Gasteiger partial charge is 0.392 e. The summed E-state index contributed by atoms with van der Waals surface area (Å²) in [7, 11) is -3.47. The minimum absolute atomic E-state index is 0.195. The van der Waals surface area contributed by atoms with Crippen molar-refractivity contribution in [3.63, 3.8) is 0 Å². The Balaban J connectivity index is 2.21. The normalized spacial score (nSPS) is 20.2. The lowest BCUT2D eigenvalue weighted by Crippen LogP contribution is -2.29. The number of β-amino-alcohol motifs (C(OH)–C–C–N with tert-alkyl or cyclic N) is 1. The van der Waals surface area contributed by atoms with Crippen LogP contribution in [0.15, 0.2) is 29.2 Å². The fourth-order valence-electron chi connectivity index (χ4n) is 2.50. The summed E-state index contributed by atoms with van der Waals surface area (Å²) >= 11 is 0. The van der Waals surface area contributed by atoms with Crippen molar-refractivity contribution in [3.8, 4) is 0 Å². The number of nitrogens with zero attached hydrogens (tertiary/aromatic N) is 2. The van der Waals surface area contributed by atoms with E-state index in [9.17, 15) is 13.5 Å². The second-order valence-corrected chi connectivity index (χ2v) is 6.91. The standard InChI is InChI=1S/C14H22N2O3S/c1-3-15(4-2)12-5-7-14(8-6-12)20(18,19)16-10-9-13(17)11-16/h5-8,13,17H,3-4,9-11H2,1-2H3. The monoisotopic (exact) mass is 298 g/mol. The molecular weight excluding hydrogens is 276 g/mol. The van der Waals surface area contributed by atoms with Crippen LogP contribution in [0.2, 0.25) is 0 Å². The zero-order chi connectivity index (χ0) is 14.8. The van der Waals surface area contributed by atoms with Crippen LogP contribution in [-0.2, 0) is 10.0 Å². The van der Waals surface area contributed by atoms with Gasteiger partial charge < -0.3 is 10.0 Å². The molecule has 2 rings (SSSR count). The Kier molecular flexibility index (Phi) is 4.67. The molecule has 1 saturated heterocycles. The van der Waals surface area contributed by atoms with Crippen LogP contribution in [0.4, 0.5) is 5.69 Å². The molecule has 0 bridgehead atoms. The quantitative estimate of drug-likeness (QED) is 0.890. The summed E-state index contributed by atoms with van der Waals surface area (Å²) in [4.78, 5) is 2.46. The number of hydrogen-bond acceptors (Lipinski definition) is 4. The van der Waals surface area contributed by atoms with E-state index >= 15 is 0 Å². The van der Waals surface area contributed by atoms with Crippen LogP contribution in [0.1, 0.15) is 20.3 Å². The van der Waals surface area contributed by atoms with Gasteiger partial charge in [-0.05, 0) is 44.5 Å². The third-order valence-electron chi connectivity index (χ3n) is 3.73. The molecule has 1 aliphatic heterocycles. The number of sulfonamides is 1. The number of hydrogen-bond donors (Lipinski definition) is 1. The van der Waals surface area contributed by atoms with E-state index in [1.165, 1.54) is 4.31 Å². The van der Waals surface area contributed by atoms with Crippen LogP contribution < -0.4 is 4.90 Å². The number of benzene rings is 1. The summed E-state index contributed by atoms with van der Waals surface area (Å²) in [6.45, 7) is 6.50. The third-order valence-corrected chi connectivity index (χ3v) is 5.61. The predicted molar refractivity (Wildman–Crippen MR) is 79.4 cm³/mol.